The molecule has 0 N–H and O–H groups in total. The summed E-state index contributed by atoms with van der Waals surface area (Å²) in [6, 6.07) is 4.11. The smallest absolute Gasteiger partial charge is 0.334 e. The van der Waals surface area contributed by atoms with Crippen molar-refractivity contribution in [2.24, 2.45) is 0 Å². The molecule has 18 heavy (non-hydrogen) atoms. The molecule has 1 aliphatic rings. The molecule has 1 fully saturated rings. The maximum Gasteiger partial charge on any atom is 0.334 e. The molecule has 1 heterocycles. The highest BCUT2D eigenvalue weighted by atomic mass is 28.4. The lowest BCUT2D eigenvalue weighted by Gasteiger charge is -2.39. The maximum atomic E-state index is 5.58. The Morgan fingerprint density at radius 2 is 1.44 bits per heavy atom. The first-order valence-electron chi connectivity index (χ1n) is 7.05. The number of nitrogens with zero attached hydrogens (tertiary/aromatic N) is 1. The first-order valence-corrected chi connectivity index (χ1v) is 15.9. The van der Waals surface area contributed by atoms with Gasteiger partial charge in [0, 0.05) is 14.2 Å². The Hall–Kier alpha value is 0.531. The quantitative estimate of drug-likeness (QED) is 0.701. The largest absolute Gasteiger partial charge is 0.398 e. The van der Waals surface area contributed by atoms with Gasteiger partial charge in [0.25, 0.3) is 0 Å². The standard InChI is InChI=1S/C12H31NO2Si3/c1-14-18(7,15-2)10-8-9-13-16(3,4)11-12-17(13,5)6/h8-12H2,1-7H3. The van der Waals surface area contributed by atoms with Crippen molar-refractivity contribution >= 4 is 25.0 Å². The molecule has 0 aliphatic carbocycles. The van der Waals surface area contributed by atoms with Crippen LogP contribution in [0.25, 0.3) is 0 Å². The van der Waals surface area contributed by atoms with Crippen molar-refractivity contribution in [3.8, 4) is 0 Å². The molecule has 0 bridgehead atoms. The lowest BCUT2D eigenvalue weighted by molar-refractivity contribution is 0.248. The van der Waals surface area contributed by atoms with E-state index in [1.54, 1.807) is 14.2 Å². The summed E-state index contributed by atoms with van der Waals surface area (Å²) >= 11 is 0. The Kier molecular flexibility index (Phi) is 5.42. The van der Waals surface area contributed by atoms with Gasteiger partial charge in [-0.25, -0.2) is 0 Å². The molecule has 108 valence electrons. The molecule has 1 saturated heterocycles. The lowest BCUT2D eigenvalue weighted by Crippen LogP contribution is -2.55. The molecule has 0 saturated carbocycles. The molecule has 0 atom stereocenters. The Morgan fingerprint density at radius 3 is 1.83 bits per heavy atom. The van der Waals surface area contributed by atoms with Crippen molar-refractivity contribution in [2.75, 3.05) is 20.8 Å². The first-order chi connectivity index (χ1) is 8.17. The molecule has 6 heteroatoms. The van der Waals surface area contributed by atoms with Crippen molar-refractivity contribution in [3.05, 3.63) is 0 Å². The molecule has 1 aliphatic heterocycles. The first kappa shape index (κ1) is 16.6. The van der Waals surface area contributed by atoms with Crippen LogP contribution in [0.5, 0.6) is 0 Å². The van der Waals surface area contributed by atoms with Gasteiger partial charge >= 0.3 is 8.56 Å². The van der Waals surface area contributed by atoms with E-state index in [0.717, 1.165) is 6.04 Å². The van der Waals surface area contributed by atoms with Crippen molar-refractivity contribution in [3.63, 3.8) is 0 Å². The molecule has 3 nitrogen and oxygen atoms in total. The second kappa shape index (κ2) is 5.89. The fourth-order valence-electron chi connectivity index (χ4n) is 3.15. The van der Waals surface area contributed by atoms with Crippen LogP contribution in [0.1, 0.15) is 6.42 Å². The van der Waals surface area contributed by atoms with Crippen LogP contribution < -0.4 is 0 Å². The Balaban J connectivity index is 2.52. The summed E-state index contributed by atoms with van der Waals surface area (Å²) in [5.74, 6) is 0. The van der Waals surface area contributed by atoms with E-state index in [0.29, 0.717) is 0 Å². The summed E-state index contributed by atoms with van der Waals surface area (Å²) < 4.78 is 14.1. The molecule has 0 aromatic rings. The summed E-state index contributed by atoms with van der Waals surface area (Å²) in [6.45, 7) is 13.6. The van der Waals surface area contributed by atoms with Gasteiger partial charge in [-0.15, -0.1) is 0 Å². The zero-order chi connectivity index (χ0) is 14.0. The minimum Gasteiger partial charge on any atom is -0.398 e. The summed E-state index contributed by atoms with van der Waals surface area (Å²) in [5, 5.41) is 0. The van der Waals surface area contributed by atoms with Gasteiger partial charge in [-0.1, -0.05) is 26.2 Å². The van der Waals surface area contributed by atoms with E-state index in [9.17, 15) is 0 Å². The van der Waals surface area contributed by atoms with Gasteiger partial charge in [-0.2, -0.15) is 0 Å². The average molecular weight is 306 g/mol. The zero-order valence-electron chi connectivity index (χ0n) is 13.3. The summed E-state index contributed by atoms with van der Waals surface area (Å²) in [7, 11) is -0.454. The van der Waals surface area contributed by atoms with Crippen molar-refractivity contribution in [1.82, 2.24) is 4.23 Å². The lowest BCUT2D eigenvalue weighted by atomic mass is 10.5. The normalized spacial score (nSPS) is 23.5. The van der Waals surface area contributed by atoms with Crippen LogP contribution >= 0.6 is 0 Å². The fraction of sp³-hybridized carbons (Fsp3) is 1.00. The Bertz CT molecular complexity index is 264. The van der Waals surface area contributed by atoms with Crippen molar-refractivity contribution in [2.45, 2.75) is 57.3 Å². The highest BCUT2D eigenvalue weighted by molar-refractivity contribution is 6.95. The second-order valence-electron chi connectivity index (χ2n) is 6.92. The van der Waals surface area contributed by atoms with E-state index in [1.807, 2.05) is 0 Å². The molecule has 0 amide bonds. The van der Waals surface area contributed by atoms with Crippen molar-refractivity contribution in [1.29, 1.82) is 0 Å². The Morgan fingerprint density at radius 1 is 1.00 bits per heavy atom. The van der Waals surface area contributed by atoms with E-state index in [4.69, 9.17) is 8.85 Å². The summed E-state index contributed by atoms with van der Waals surface area (Å²) in [5.41, 5.74) is 0. The molecule has 0 unspecified atom stereocenters. The van der Waals surface area contributed by atoms with Gasteiger partial charge in [-0.3, -0.25) is 0 Å². The van der Waals surface area contributed by atoms with Gasteiger partial charge in [0.1, 0.15) is 16.5 Å². The monoisotopic (exact) mass is 305 g/mol. The number of hydrogen-bond acceptors (Lipinski definition) is 3. The topological polar surface area (TPSA) is 21.7 Å². The fourth-order valence-corrected chi connectivity index (χ4v) is 18.7. The molecule has 0 aromatic carbocycles. The zero-order valence-corrected chi connectivity index (χ0v) is 16.3. The highest BCUT2D eigenvalue weighted by Gasteiger charge is 2.46. The van der Waals surface area contributed by atoms with Crippen LogP contribution in [0, 0.1) is 0 Å². The maximum absolute atomic E-state index is 5.58. The highest BCUT2D eigenvalue weighted by Crippen LogP contribution is 2.37. The third-order valence-corrected chi connectivity index (χ3v) is 18.1. The molecule has 0 spiro atoms. The number of hydrogen-bond donors (Lipinski definition) is 0. The molecule has 1 rings (SSSR count). The summed E-state index contributed by atoms with van der Waals surface area (Å²) in [4.78, 5) is 0. The van der Waals surface area contributed by atoms with Crippen LogP contribution in [0.15, 0.2) is 0 Å². The minimum absolute atomic E-state index is 1.09. The predicted molar refractivity (Wildman–Crippen MR) is 86.3 cm³/mol. The van der Waals surface area contributed by atoms with Gasteiger partial charge in [0.05, 0.1) is 0 Å². The molecule has 0 aromatic heterocycles. The SMILES string of the molecule is CO[Si](C)(CCCN1[Si](C)(C)CC[Si]1(C)C)OC. The Labute approximate surface area is 116 Å². The van der Waals surface area contributed by atoms with Crippen LogP contribution in [-0.4, -0.2) is 50.0 Å². The van der Waals surface area contributed by atoms with Gasteiger partial charge < -0.3 is 13.1 Å². The van der Waals surface area contributed by atoms with E-state index < -0.39 is 25.0 Å². The molecular weight excluding hydrogens is 274 g/mol. The van der Waals surface area contributed by atoms with Gasteiger partial charge in [0.15, 0.2) is 0 Å². The van der Waals surface area contributed by atoms with Crippen LogP contribution in [0.3, 0.4) is 0 Å². The minimum atomic E-state index is -1.86. The number of rotatable bonds is 6. The molecular formula is C12H31NO2Si3. The van der Waals surface area contributed by atoms with Gasteiger partial charge in [0.2, 0.25) is 0 Å². The van der Waals surface area contributed by atoms with Crippen LogP contribution in [0.2, 0.25) is 50.9 Å². The van der Waals surface area contributed by atoms with E-state index in [2.05, 4.69) is 37.0 Å². The van der Waals surface area contributed by atoms with Crippen LogP contribution in [-0.2, 0) is 8.85 Å². The third-order valence-electron chi connectivity index (χ3n) is 4.69. The second-order valence-corrected chi connectivity index (χ2v) is 20.3. The summed E-state index contributed by atoms with van der Waals surface area (Å²) in [6.07, 6.45) is 1.23. The van der Waals surface area contributed by atoms with E-state index >= 15 is 0 Å². The van der Waals surface area contributed by atoms with E-state index in [-0.39, 0.29) is 0 Å². The molecule has 0 radical (unpaired) electrons. The predicted octanol–water partition coefficient (Wildman–Crippen LogP) is 3.47. The third kappa shape index (κ3) is 3.77. The van der Waals surface area contributed by atoms with Gasteiger partial charge in [-0.05, 0) is 37.6 Å². The van der Waals surface area contributed by atoms with Crippen molar-refractivity contribution < 1.29 is 8.85 Å². The van der Waals surface area contributed by atoms with E-state index in [1.165, 1.54) is 25.1 Å². The average Bonchev–Trinajstić information content (AvgIpc) is 2.51. The van der Waals surface area contributed by atoms with Crippen LogP contribution in [0.4, 0.5) is 0 Å².